The van der Waals surface area contributed by atoms with Crippen LogP contribution < -0.4 is 16.2 Å². The number of nitrogens with two attached hydrogens (primary N) is 1. The summed E-state index contributed by atoms with van der Waals surface area (Å²) < 4.78 is 0. The number of hydrogen-bond acceptors (Lipinski definition) is 4. The molecule has 0 saturated carbocycles. The predicted octanol–water partition coefficient (Wildman–Crippen LogP) is 2.31. The van der Waals surface area contributed by atoms with Gasteiger partial charge in [0, 0.05) is 18.9 Å². The number of rotatable bonds is 4. The van der Waals surface area contributed by atoms with Crippen molar-refractivity contribution < 1.29 is 0 Å². The molecule has 1 aromatic carbocycles. The van der Waals surface area contributed by atoms with Crippen LogP contribution in [-0.2, 0) is 6.54 Å². The molecule has 1 aromatic heterocycles. The summed E-state index contributed by atoms with van der Waals surface area (Å²) in [5, 5.41) is 0. The van der Waals surface area contributed by atoms with Gasteiger partial charge in [0.1, 0.15) is 0 Å². The molecule has 94 valence electrons. The number of pyridine rings is 1. The van der Waals surface area contributed by atoms with Gasteiger partial charge in [-0.05, 0) is 30.7 Å². The molecule has 18 heavy (non-hydrogen) atoms. The lowest BCUT2D eigenvalue weighted by Crippen LogP contribution is -2.18. The molecule has 0 bridgehead atoms. The Hall–Kier alpha value is -2.07. The maximum absolute atomic E-state index is 5.39. The maximum atomic E-state index is 5.39. The Kier molecular flexibility index (Phi) is 3.79. The number of nitrogens with zero attached hydrogens (tertiary/aromatic N) is 2. The van der Waals surface area contributed by atoms with Gasteiger partial charge >= 0.3 is 0 Å². The fourth-order valence-corrected chi connectivity index (χ4v) is 1.97. The van der Waals surface area contributed by atoms with Crippen LogP contribution in [0.2, 0.25) is 0 Å². The molecule has 0 aliphatic rings. The summed E-state index contributed by atoms with van der Waals surface area (Å²) in [6.45, 7) is 2.86. The molecule has 3 N–H and O–H groups in total. The molecule has 4 nitrogen and oxygen atoms in total. The van der Waals surface area contributed by atoms with Crippen molar-refractivity contribution in [2.75, 3.05) is 17.4 Å². The molecule has 2 aromatic rings. The third-order valence-electron chi connectivity index (χ3n) is 2.91. The zero-order valence-corrected chi connectivity index (χ0v) is 10.7. The number of aromatic nitrogens is 1. The second-order valence-corrected chi connectivity index (χ2v) is 4.32. The first-order valence-electron chi connectivity index (χ1n) is 5.89. The minimum absolute atomic E-state index is 0.750. The van der Waals surface area contributed by atoms with E-state index in [0.717, 1.165) is 17.9 Å². The molecular weight excluding hydrogens is 224 g/mol. The first kappa shape index (κ1) is 12.4. The molecule has 0 atom stereocenters. The van der Waals surface area contributed by atoms with Crippen LogP contribution in [-0.4, -0.2) is 12.0 Å². The van der Waals surface area contributed by atoms with E-state index in [0.29, 0.717) is 0 Å². The highest BCUT2D eigenvalue weighted by Gasteiger charge is 2.05. The van der Waals surface area contributed by atoms with E-state index < -0.39 is 0 Å². The number of hydrogen-bond donors (Lipinski definition) is 2. The molecule has 0 unspecified atom stereocenters. The number of anilines is 2. The molecule has 0 radical (unpaired) electrons. The first-order valence-corrected chi connectivity index (χ1v) is 5.89. The fourth-order valence-electron chi connectivity index (χ4n) is 1.97. The number of hydrazine groups is 1. The van der Waals surface area contributed by atoms with Gasteiger partial charge < -0.3 is 10.3 Å². The Bertz CT molecular complexity index is 525. The Balaban J connectivity index is 2.16. The van der Waals surface area contributed by atoms with Gasteiger partial charge in [-0.2, -0.15) is 0 Å². The van der Waals surface area contributed by atoms with Crippen molar-refractivity contribution in [2.24, 2.45) is 5.84 Å². The number of para-hydroxylation sites is 1. The van der Waals surface area contributed by atoms with Crippen LogP contribution in [0.25, 0.3) is 0 Å². The number of benzene rings is 1. The average Bonchev–Trinajstić information content (AvgIpc) is 2.39. The minimum atomic E-state index is 0.750. The van der Waals surface area contributed by atoms with Crippen molar-refractivity contribution in [3.05, 3.63) is 53.9 Å². The van der Waals surface area contributed by atoms with E-state index in [1.165, 1.54) is 11.3 Å². The Morgan fingerprint density at radius 2 is 2.06 bits per heavy atom. The Morgan fingerprint density at radius 1 is 1.28 bits per heavy atom. The summed E-state index contributed by atoms with van der Waals surface area (Å²) >= 11 is 0. The zero-order valence-electron chi connectivity index (χ0n) is 10.7. The van der Waals surface area contributed by atoms with E-state index >= 15 is 0 Å². The van der Waals surface area contributed by atoms with E-state index in [9.17, 15) is 0 Å². The Morgan fingerprint density at radius 3 is 2.78 bits per heavy atom. The third-order valence-corrected chi connectivity index (χ3v) is 2.91. The van der Waals surface area contributed by atoms with E-state index in [2.05, 4.69) is 41.4 Å². The van der Waals surface area contributed by atoms with E-state index in [4.69, 9.17) is 5.84 Å². The molecular formula is C14H18N4. The molecule has 0 aliphatic carbocycles. The van der Waals surface area contributed by atoms with Crippen molar-refractivity contribution in [3.63, 3.8) is 0 Å². The van der Waals surface area contributed by atoms with Gasteiger partial charge in [0.2, 0.25) is 0 Å². The fraction of sp³-hybridized carbons (Fsp3) is 0.214. The summed E-state index contributed by atoms with van der Waals surface area (Å²) in [5.74, 6) is 5.39. The third kappa shape index (κ3) is 2.78. The van der Waals surface area contributed by atoms with Crippen LogP contribution in [0.1, 0.15) is 11.3 Å². The Labute approximate surface area is 107 Å². The van der Waals surface area contributed by atoms with Crippen molar-refractivity contribution in [1.82, 2.24) is 4.98 Å². The van der Waals surface area contributed by atoms with Crippen LogP contribution in [0.5, 0.6) is 0 Å². The summed E-state index contributed by atoms with van der Waals surface area (Å²) in [6.07, 6.45) is 1.76. The van der Waals surface area contributed by atoms with Gasteiger partial charge in [0.25, 0.3) is 0 Å². The van der Waals surface area contributed by atoms with Gasteiger partial charge in [0.15, 0.2) is 0 Å². The van der Waals surface area contributed by atoms with Crippen LogP contribution in [0.3, 0.4) is 0 Å². The van der Waals surface area contributed by atoms with E-state index in [1.807, 2.05) is 24.3 Å². The van der Waals surface area contributed by atoms with Crippen LogP contribution in [0.4, 0.5) is 11.4 Å². The molecule has 1 heterocycles. The summed E-state index contributed by atoms with van der Waals surface area (Å²) in [4.78, 5) is 6.52. The minimum Gasteiger partial charge on any atom is -0.368 e. The zero-order chi connectivity index (χ0) is 13.0. The number of nitrogen functional groups attached to an aromatic ring is 1. The summed E-state index contributed by atoms with van der Waals surface area (Å²) in [6, 6.07) is 12.1. The molecule has 0 saturated heterocycles. The van der Waals surface area contributed by atoms with Crippen molar-refractivity contribution in [2.45, 2.75) is 13.5 Å². The topological polar surface area (TPSA) is 54.2 Å². The highest BCUT2D eigenvalue weighted by atomic mass is 15.2. The lowest BCUT2D eigenvalue weighted by Gasteiger charge is -2.21. The lowest BCUT2D eigenvalue weighted by molar-refractivity contribution is 0.881. The number of aryl methyl sites for hydroxylation is 1. The van der Waals surface area contributed by atoms with Gasteiger partial charge in [-0.1, -0.05) is 18.2 Å². The summed E-state index contributed by atoms with van der Waals surface area (Å²) in [7, 11) is 2.06. The van der Waals surface area contributed by atoms with Crippen LogP contribution in [0.15, 0.2) is 42.6 Å². The largest absolute Gasteiger partial charge is 0.368 e. The molecule has 0 aliphatic heterocycles. The van der Waals surface area contributed by atoms with Gasteiger partial charge in [-0.3, -0.25) is 10.8 Å². The van der Waals surface area contributed by atoms with Gasteiger partial charge in [-0.15, -0.1) is 0 Å². The quantitative estimate of drug-likeness (QED) is 0.638. The summed E-state index contributed by atoms with van der Waals surface area (Å²) in [5.41, 5.74) is 6.96. The molecule has 2 rings (SSSR count). The van der Waals surface area contributed by atoms with E-state index in [-0.39, 0.29) is 0 Å². The molecule has 0 amide bonds. The van der Waals surface area contributed by atoms with Crippen LogP contribution >= 0.6 is 0 Å². The average molecular weight is 242 g/mol. The highest BCUT2D eigenvalue weighted by Crippen LogP contribution is 2.19. The SMILES string of the molecule is Cc1ccccc1N(C)Cc1cc(NN)ccn1. The van der Waals surface area contributed by atoms with Crippen molar-refractivity contribution in [3.8, 4) is 0 Å². The van der Waals surface area contributed by atoms with Crippen LogP contribution in [0, 0.1) is 6.92 Å². The van der Waals surface area contributed by atoms with Crippen molar-refractivity contribution in [1.29, 1.82) is 0 Å². The monoisotopic (exact) mass is 242 g/mol. The highest BCUT2D eigenvalue weighted by molar-refractivity contribution is 5.53. The maximum Gasteiger partial charge on any atom is 0.0617 e. The molecule has 4 heteroatoms. The first-order chi connectivity index (χ1) is 8.70. The molecule has 0 fully saturated rings. The number of nitrogens with one attached hydrogen (secondary N) is 1. The smallest absolute Gasteiger partial charge is 0.0617 e. The second kappa shape index (κ2) is 5.51. The molecule has 0 spiro atoms. The van der Waals surface area contributed by atoms with Gasteiger partial charge in [-0.25, -0.2) is 0 Å². The standard InChI is InChI=1S/C14H18N4/c1-11-5-3-4-6-14(11)18(2)10-13-9-12(17-15)7-8-16-13/h3-9H,10,15H2,1-2H3,(H,16,17). The second-order valence-electron chi connectivity index (χ2n) is 4.32. The van der Waals surface area contributed by atoms with Crippen molar-refractivity contribution >= 4 is 11.4 Å². The van der Waals surface area contributed by atoms with Gasteiger partial charge in [0.05, 0.1) is 17.9 Å². The lowest BCUT2D eigenvalue weighted by atomic mass is 10.2. The normalized spacial score (nSPS) is 10.2. The predicted molar refractivity (Wildman–Crippen MR) is 75.3 cm³/mol. The van der Waals surface area contributed by atoms with E-state index in [1.54, 1.807) is 6.20 Å².